The Morgan fingerprint density at radius 2 is 0.472 bits per heavy atom. The molecule has 0 heterocycles. The summed E-state index contributed by atoms with van der Waals surface area (Å²) in [7, 11) is 0. The Balaban J connectivity index is 1.96. The van der Waals surface area contributed by atoms with Crippen molar-refractivity contribution in [3.05, 3.63) is 138 Å². The molecule has 0 spiro atoms. The van der Waals surface area contributed by atoms with Crippen LogP contribution in [-0.2, 0) is 0 Å². The molecule has 0 aliphatic rings. The molecule has 4 nitrogen and oxygen atoms in total. The molecule has 7 aromatic carbocycles. The summed E-state index contributed by atoms with van der Waals surface area (Å²) in [4.78, 5) is 51.2. The lowest BCUT2D eigenvalue weighted by molar-refractivity contribution is 1.61. The third kappa shape index (κ3) is 2.75. The fraction of sp³-hybridized carbons (Fsp3) is 0. The maximum Gasteiger partial charge on any atom is 0.186 e. The van der Waals surface area contributed by atoms with Crippen LogP contribution < -0.4 is 21.7 Å². The molecule has 0 aliphatic carbocycles. The molecule has 7 aromatic rings. The predicted octanol–water partition coefficient (Wildman–Crippen LogP) is 5.48. The van der Waals surface area contributed by atoms with Gasteiger partial charge in [-0.25, -0.2) is 0 Å². The van der Waals surface area contributed by atoms with E-state index in [9.17, 15) is 19.2 Å². The Morgan fingerprint density at radius 3 is 0.750 bits per heavy atom. The lowest BCUT2D eigenvalue weighted by atomic mass is 9.91. The molecular formula is C32H16O4. The van der Waals surface area contributed by atoms with Crippen molar-refractivity contribution >= 4 is 64.6 Å². The average Bonchev–Trinajstić information content (AvgIpc) is 2.91. The summed E-state index contributed by atoms with van der Waals surface area (Å²) in [5, 5.41) is 8.23. The SMILES string of the molecule is O=c1ccc(=O)c2cc3c(cc12)c1ccccc1c1ccccc1c1cc2c(=O)ccc(=O)c2cc13. The maximum absolute atomic E-state index is 12.8. The highest BCUT2D eigenvalue weighted by molar-refractivity contribution is 6.28. The van der Waals surface area contributed by atoms with Gasteiger partial charge < -0.3 is 0 Å². The van der Waals surface area contributed by atoms with Gasteiger partial charge in [0, 0.05) is 21.5 Å². The van der Waals surface area contributed by atoms with Gasteiger partial charge in [-0.3, -0.25) is 19.2 Å². The van der Waals surface area contributed by atoms with E-state index in [4.69, 9.17) is 0 Å². The quantitative estimate of drug-likeness (QED) is 0.298. The maximum atomic E-state index is 12.8. The number of rotatable bonds is 0. The molecule has 0 fully saturated rings. The van der Waals surface area contributed by atoms with E-state index in [0.29, 0.717) is 21.5 Å². The lowest BCUT2D eigenvalue weighted by Gasteiger charge is -2.11. The molecule has 0 saturated carbocycles. The van der Waals surface area contributed by atoms with Crippen LogP contribution in [0.3, 0.4) is 0 Å². The van der Waals surface area contributed by atoms with Gasteiger partial charge in [0.15, 0.2) is 21.7 Å². The molecule has 168 valence electrons. The van der Waals surface area contributed by atoms with Crippen LogP contribution in [0.25, 0.3) is 64.6 Å². The third-order valence-corrected chi connectivity index (χ3v) is 7.16. The molecule has 4 heteroatoms. The van der Waals surface area contributed by atoms with Gasteiger partial charge >= 0.3 is 0 Å². The second-order valence-corrected chi connectivity index (χ2v) is 9.10. The van der Waals surface area contributed by atoms with Crippen molar-refractivity contribution < 1.29 is 0 Å². The lowest BCUT2D eigenvalue weighted by Crippen LogP contribution is -2.09. The van der Waals surface area contributed by atoms with E-state index in [1.54, 1.807) is 24.3 Å². The molecule has 36 heavy (non-hydrogen) atoms. The zero-order chi connectivity index (χ0) is 24.6. The van der Waals surface area contributed by atoms with Crippen molar-refractivity contribution in [3.8, 4) is 0 Å². The van der Waals surface area contributed by atoms with Crippen LogP contribution in [0.1, 0.15) is 0 Å². The van der Waals surface area contributed by atoms with Gasteiger partial charge in [-0.15, -0.1) is 0 Å². The van der Waals surface area contributed by atoms with E-state index in [0.717, 1.165) is 43.1 Å². The van der Waals surface area contributed by atoms with Crippen LogP contribution >= 0.6 is 0 Å². The fourth-order valence-electron chi connectivity index (χ4n) is 5.47. The second kappa shape index (κ2) is 7.27. The van der Waals surface area contributed by atoms with Gasteiger partial charge in [0.05, 0.1) is 0 Å². The first kappa shape index (κ1) is 20.4. The Hall–Kier alpha value is -4.96. The summed E-state index contributed by atoms with van der Waals surface area (Å²) < 4.78 is 0. The number of fused-ring (bicyclic) bond motifs is 10. The number of hydrogen-bond donors (Lipinski definition) is 0. The average molecular weight is 464 g/mol. The van der Waals surface area contributed by atoms with Crippen LogP contribution in [0.5, 0.6) is 0 Å². The van der Waals surface area contributed by atoms with Gasteiger partial charge in [-0.2, -0.15) is 0 Å². The molecule has 0 bridgehead atoms. The molecule has 7 rings (SSSR count). The van der Waals surface area contributed by atoms with Crippen molar-refractivity contribution in [2.75, 3.05) is 0 Å². The zero-order valence-corrected chi connectivity index (χ0v) is 18.9. The first-order valence-electron chi connectivity index (χ1n) is 11.6. The number of hydrogen-bond acceptors (Lipinski definition) is 4. The van der Waals surface area contributed by atoms with Crippen LogP contribution in [0.15, 0.2) is 116 Å². The first-order valence-corrected chi connectivity index (χ1v) is 11.6. The standard InChI is InChI=1S/C32H16O4/c33-29-9-11-31(35)27-15-23-21(13-25(27)29)19-7-3-1-5-17(19)18-6-2-4-8-20(18)22-14-26-28(16-24(22)23)32(36)12-10-30(26)34/h1-16H. The first-order chi connectivity index (χ1) is 17.5. The summed E-state index contributed by atoms with van der Waals surface area (Å²) in [6, 6.07) is 28.2. The minimum atomic E-state index is -0.239. The Bertz CT molecular complexity index is 2170. The topological polar surface area (TPSA) is 68.3 Å². The Kier molecular flexibility index (Phi) is 4.12. The van der Waals surface area contributed by atoms with Gasteiger partial charge in [-0.05, 0) is 91.6 Å². The van der Waals surface area contributed by atoms with Gasteiger partial charge in [0.2, 0.25) is 0 Å². The molecule has 0 unspecified atom stereocenters. The predicted molar refractivity (Wildman–Crippen MR) is 148 cm³/mol. The molecule has 0 radical (unpaired) electrons. The third-order valence-electron chi connectivity index (χ3n) is 7.16. The molecular weight excluding hydrogens is 448 g/mol. The molecule has 0 saturated heterocycles. The Morgan fingerprint density at radius 1 is 0.250 bits per heavy atom. The van der Waals surface area contributed by atoms with Crippen molar-refractivity contribution in [2.24, 2.45) is 0 Å². The highest BCUT2D eigenvalue weighted by Gasteiger charge is 2.14. The Labute approximate surface area is 202 Å². The monoisotopic (exact) mass is 464 g/mol. The molecule has 0 aromatic heterocycles. The van der Waals surface area contributed by atoms with Crippen molar-refractivity contribution in [1.82, 2.24) is 0 Å². The van der Waals surface area contributed by atoms with Crippen molar-refractivity contribution in [3.63, 3.8) is 0 Å². The minimum absolute atomic E-state index is 0.219. The van der Waals surface area contributed by atoms with E-state index < -0.39 is 0 Å². The highest BCUT2D eigenvalue weighted by atomic mass is 16.1. The van der Waals surface area contributed by atoms with Gasteiger partial charge in [0.25, 0.3) is 0 Å². The normalized spacial score (nSPS) is 11.8. The summed E-state index contributed by atoms with van der Waals surface area (Å²) in [6.07, 6.45) is 0. The summed E-state index contributed by atoms with van der Waals surface area (Å²) in [5.41, 5.74) is -0.915. The molecule has 0 amide bonds. The largest absolute Gasteiger partial charge is 0.289 e. The van der Waals surface area contributed by atoms with Crippen LogP contribution in [0, 0.1) is 0 Å². The van der Waals surface area contributed by atoms with E-state index in [1.807, 2.05) is 48.5 Å². The van der Waals surface area contributed by atoms with E-state index in [2.05, 4.69) is 0 Å². The molecule has 0 aliphatic heterocycles. The highest BCUT2D eigenvalue weighted by Crippen LogP contribution is 2.37. The van der Waals surface area contributed by atoms with Crippen molar-refractivity contribution in [1.29, 1.82) is 0 Å². The van der Waals surface area contributed by atoms with Gasteiger partial charge in [0.1, 0.15) is 0 Å². The zero-order valence-electron chi connectivity index (χ0n) is 18.9. The smallest absolute Gasteiger partial charge is 0.186 e. The van der Waals surface area contributed by atoms with Crippen LogP contribution in [-0.4, -0.2) is 0 Å². The molecule has 0 N–H and O–H groups in total. The molecule has 0 atom stereocenters. The van der Waals surface area contributed by atoms with E-state index in [-0.39, 0.29) is 21.7 Å². The van der Waals surface area contributed by atoms with E-state index >= 15 is 0 Å². The van der Waals surface area contributed by atoms with Crippen LogP contribution in [0.2, 0.25) is 0 Å². The second-order valence-electron chi connectivity index (χ2n) is 9.10. The van der Waals surface area contributed by atoms with Crippen molar-refractivity contribution in [2.45, 2.75) is 0 Å². The van der Waals surface area contributed by atoms with Gasteiger partial charge in [-0.1, -0.05) is 48.5 Å². The summed E-state index contributed by atoms with van der Waals surface area (Å²) >= 11 is 0. The van der Waals surface area contributed by atoms with Crippen LogP contribution in [0.4, 0.5) is 0 Å². The van der Waals surface area contributed by atoms with E-state index in [1.165, 1.54) is 24.3 Å². The number of benzene rings is 6. The summed E-state index contributed by atoms with van der Waals surface area (Å²) in [5.74, 6) is 0. The minimum Gasteiger partial charge on any atom is -0.289 e. The summed E-state index contributed by atoms with van der Waals surface area (Å²) in [6.45, 7) is 0. The fourth-order valence-corrected chi connectivity index (χ4v) is 5.47.